The third-order valence-electron chi connectivity index (χ3n) is 3.47. The quantitative estimate of drug-likeness (QED) is 0.736. The molecule has 2 aromatic carbocycles. The highest BCUT2D eigenvalue weighted by atomic mass is 16.5. The summed E-state index contributed by atoms with van der Waals surface area (Å²) in [6.07, 6.45) is 1.69. The molecule has 0 aliphatic rings. The van der Waals surface area contributed by atoms with Crippen molar-refractivity contribution >= 4 is 5.69 Å². The molecule has 5 heteroatoms. The lowest BCUT2D eigenvalue weighted by Gasteiger charge is -2.10. The Morgan fingerprint density at radius 3 is 2.71 bits per heavy atom. The third kappa shape index (κ3) is 3.55. The minimum atomic E-state index is 0.459. The standard InChI is InChI=1S/C19H17N3O2/c1-2-23-17-6-4-3-5-16(17)21-13-19-22-12-18(24-19)15-9-7-14(11-20)8-10-15/h3-10,12,21H,2,13H2,1H3. The molecule has 0 radical (unpaired) electrons. The first kappa shape index (κ1) is 15.6. The molecule has 0 unspecified atom stereocenters. The van der Waals surface area contributed by atoms with Crippen LogP contribution in [0.3, 0.4) is 0 Å². The van der Waals surface area contributed by atoms with Gasteiger partial charge in [-0.2, -0.15) is 5.26 Å². The number of hydrogen-bond acceptors (Lipinski definition) is 5. The van der Waals surface area contributed by atoms with E-state index in [9.17, 15) is 0 Å². The smallest absolute Gasteiger partial charge is 0.214 e. The van der Waals surface area contributed by atoms with E-state index in [2.05, 4.69) is 16.4 Å². The molecular weight excluding hydrogens is 302 g/mol. The van der Waals surface area contributed by atoms with Crippen molar-refractivity contribution in [3.8, 4) is 23.1 Å². The number of para-hydroxylation sites is 2. The molecule has 3 rings (SSSR count). The number of oxazole rings is 1. The fraction of sp³-hybridized carbons (Fsp3) is 0.158. The van der Waals surface area contributed by atoms with Crippen molar-refractivity contribution in [3.05, 3.63) is 66.2 Å². The zero-order valence-electron chi connectivity index (χ0n) is 13.3. The van der Waals surface area contributed by atoms with Crippen LogP contribution >= 0.6 is 0 Å². The number of nitrogens with zero attached hydrogens (tertiary/aromatic N) is 2. The van der Waals surface area contributed by atoms with Gasteiger partial charge in [0.05, 0.1) is 36.7 Å². The van der Waals surface area contributed by atoms with Crippen molar-refractivity contribution in [1.82, 2.24) is 4.98 Å². The van der Waals surface area contributed by atoms with E-state index in [0.717, 1.165) is 17.0 Å². The van der Waals surface area contributed by atoms with Gasteiger partial charge in [-0.15, -0.1) is 0 Å². The Labute approximate surface area is 140 Å². The predicted octanol–water partition coefficient (Wildman–Crippen LogP) is 4.22. The van der Waals surface area contributed by atoms with E-state index in [1.165, 1.54) is 0 Å². The molecule has 120 valence electrons. The van der Waals surface area contributed by atoms with E-state index in [1.54, 1.807) is 18.3 Å². The molecule has 1 heterocycles. The van der Waals surface area contributed by atoms with E-state index in [4.69, 9.17) is 14.4 Å². The van der Waals surface area contributed by atoms with Gasteiger partial charge in [0.15, 0.2) is 5.76 Å². The van der Waals surface area contributed by atoms with Gasteiger partial charge in [0.1, 0.15) is 5.75 Å². The first-order valence-corrected chi connectivity index (χ1v) is 7.71. The molecule has 0 fully saturated rings. The number of rotatable bonds is 6. The number of nitriles is 1. The lowest BCUT2D eigenvalue weighted by Crippen LogP contribution is -2.02. The van der Waals surface area contributed by atoms with E-state index in [1.807, 2.05) is 43.3 Å². The predicted molar refractivity (Wildman–Crippen MR) is 91.6 cm³/mol. The number of nitrogens with one attached hydrogen (secondary N) is 1. The average Bonchev–Trinajstić information content (AvgIpc) is 3.10. The topological polar surface area (TPSA) is 71.1 Å². The van der Waals surface area contributed by atoms with Gasteiger partial charge in [-0.1, -0.05) is 12.1 Å². The van der Waals surface area contributed by atoms with Crippen molar-refractivity contribution in [2.45, 2.75) is 13.5 Å². The Morgan fingerprint density at radius 1 is 1.17 bits per heavy atom. The van der Waals surface area contributed by atoms with Crippen LogP contribution in [0.4, 0.5) is 5.69 Å². The van der Waals surface area contributed by atoms with Crippen LogP contribution in [-0.2, 0) is 6.54 Å². The highest BCUT2D eigenvalue weighted by molar-refractivity contribution is 5.58. The summed E-state index contributed by atoms with van der Waals surface area (Å²) in [6.45, 7) is 3.02. The molecule has 5 nitrogen and oxygen atoms in total. The molecular formula is C19H17N3O2. The van der Waals surface area contributed by atoms with Gasteiger partial charge >= 0.3 is 0 Å². The summed E-state index contributed by atoms with van der Waals surface area (Å²) in [5, 5.41) is 12.1. The van der Waals surface area contributed by atoms with E-state index in [-0.39, 0.29) is 0 Å². The molecule has 0 spiro atoms. The van der Waals surface area contributed by atoms with Crippen LogP contribution in [-0.4, -0.2) is 11.6 Å². The summed E-state index contributed by atoms with van der Waals surface area (Å²) in [5.74, 6) is 2.06. The van der Waals surface area contributed by atoms with Gasteiger partial charge in [-0.25, -0.2) is 4.98 Å². The Hall–Kier alpha value is -3.26. The normalized spacial score (nSPS) is 10.2. The molecule has 1 N–H and O–H groups in total. The van der Waals surface area contributed by atoms with Gasteiger partial charge in [0.25, 0.3) is 0 Å². The summed E-state index contributed by atoms with van der Waals surface area (Å²) < 4.78 is 11.3. The average molecular weight is 319 g/mol. The second-order valence-electron chi connectivity index (χ2n) is 5.09. The summed E-state index contributed by atoms with van der Waals surface area (Å²) in [7, 11) is 0. The maximum atomic E-state index is 8.84. The monoisotopic (exact) mass is 319 g/mol. The van der Waals surface area contributed by atoms with Gasteiger partial charge in [-0.3, -0.25) is 0 Å². The molecule has 0 atom stereocenters. The van der Waals surface area contributed by atoms with Crippen molar-refractivity contribution < 1.29 is 9.15 Å². The number of anilines is 1. The molecule has 1 aromatic heterocycles. The minimum Gasteiger partial charge on any atom is -0.492 e. The zero-order chi connectivity index (χ0) is 16.8. The summed E-state index contributed by atoms with van der Waals surface area (Å²) in [4.78, 5) is 4.29. The molecule has 0 aliphatic heterocycles. The highest BCUT2D eigenvalue weighted by Crippen LogP contribution is 2.25. The highest BCUT2D eigenvalue weighted by Gasteiger charge is 2.08. The summed E-state index contributed by atoms with van der Waals surface area (Å²) in [6, 6.07) is 17.1. The van der Waals surface area contributed by atoms with E-state index >= 15 is 0 Å². The van der Waals surface area contributed by atoms with Crippen molar-refractivity contribution in [2.24, 2.45) is 0 Å². The largest absolute Gasteiger partial charge is 0.492 e. The number of aromatic nitrogens is 1. The fourth-order valence-electron chi connectivity index (χ4n) is 2.30. The van der Waals surface area contributed by atoms with Crippen molar-refractivity contribution in [2.75, 3.05) is 11.9 Å². The molecule has 0 amide bonds. The fourth-order valence-corrected chi connectivity index (χ4v) is 2.30. The lowest BCUT2D eigenvalue weighted by atomic mass is 10.1. The molecule has 0 saturated heterocycles. The SMILES string of the molecule is CCOc1ccccc1NCc1ncc(-c2ccc(C#N)cc2)o1. The Kier molecular flexibility index (Phi) is 4.78. The number of hydrogen-bond donors (Lipinski definition) is 1. The van der Waals surface area contributed by atoms with Crippen molar-refractivity contribution in [1.29, 1.82) is 5.26 Å². The molecule has 3 aromatic rings. The van der Waals surface area contributed by atoms with Crippen LogP contribution in [0.5, 0.6) is 5.75 Å². The second-order valence-corrected chi connectivity index (χ2v) is 5.09. The first-order valence-electron chi connectivity index (χ1n) is 7.71. The van der Waals surface area contributed by atoms with Gasteiger partial charge < -0.3 is 14.5 Å². The first-order chi connectivity index (χ1) is 11.8. The van der Waals surface area contributed by atoms with Gasteiger partial charge in [0.2, 0.25) is 5.89 Å². The Bertz CT molecular complexity index is 848. The minimum absolute atomic E-state index is 0.459. The summed E-state index contributed by atoms with van der Waals surface area (Å²) >= 11 is 0. The van der Waals surface area contributed by atoms with Gasteiger partial charge in [0, 0.05) is 5.56 Å². The van der Waals surface area contributed by atoms with E-state index < -0.39 is 0 Å². The van der Waals surface area contributed by atoms with Crippen LogP contribution in [0.1, 0.15) is 18.4 Å². The van der Waals surface area contributed by atoms with E-state index in [0.29, 0.717) is 30.4 Å². The lowest BCUT2D eigenvalue weighted by molar-refractivity contribution is 0.341. The summed E-state index contributed by atoms with van der Waals surface area (Å²) in [5.41, 5.74) is 2.41. The van der Waals surface area contributed by atoms with Gasteiger partial charge in [-0.05, 0) is 43.3 Å². The molecule has 24 heavy (non-hydrogen) atoms. The number of benzene rings is 2. The van der Waals surface area contributed by atoms with Crippen LogP contribution in [0.15, 0.2) is 59.1 Å². The second kappa shape index (κ2) is 7.34. The molecule has 0 saturated carbocycles. The maximum Gasteiger partial charge on any atom is 0.214 e. The van der Waals surface area contributed by atoms with Crippen LogP contribution in [0, 0.1) is 11.3 Å². The van der Waals surface area contributed by atoms with Crippen LogP contribution < -0.4 is 10.1 Å². The van der Waals surface area contributed by atoms with Crippen molar-refractivity contribution in [3.63, 3.8) is 0 Å². The molecule has 0 bridgehead atoms. The maximum absolute atomic E-state index is 8.84. The van der Waals surface area contributed by atoms with Crippen LogP contribution in [0.25, 0.3) is 11.3 Å². The molecule has 0 aliphatic carbocycles. The zero-order valence-corrected chi connectivity index (χ0v) is 13.3. The third-order valence-corrected chi connectivity index (χ3v) is 3.47. The Morgan fingerprint density at radius 2 is 1.96 bits per heavy atom. The number of ether oxygens (including phenoxy) is 1. The van der Waals surface area contributed by atoms with Crippen LogP contribution in [0.2, 0.25) is 0 Å². The Balaban J connectivity index is 1.69.